The Morgan fingerprint density at radius 1 is 1.17 bits per heavy atom. The standard InChI is InChI=1S/C20H34N2O2/c1-3-24-17-12-16(20(17)8-5-9-20)22(2)19(23)15-10-13-6-4-7-14(11-15)18(13)21/h13-18H,3-12,21H2,1-2H3. The Labute approximate surface area is 146 Å². The lowest BCUT2D eigenvalue weighted by Gasteiger charge is -2.63. The van der Waals surface area contributed by atoms with Gasteiger partial charge in [0.25, 0.3) is 0 Å². The lowest BCUT2D eigenvalue weighted by atomic mass is 9.50. The van der Waals surface area contributed by atoms with Crippen LogP contribution in [0.4, 0.5) is 0 Å². The number of carbonyl (C=O) groups excluding carboxylic acids is 1. The average molecular weight is 335 g/mol. The van der Waals surface area contributed by atoms with Gasteiger partial charge in [-0.2, -0.15) is 0 Å². The number of hydrogen-bond donors (Lipinski definition) is 1. The van der Waals surface area contributed by atoms with Crippen molar-refractivity contribution in [2.75, 3.05) is 13.7 Å². The van der Waals surface area contributed by atoms with E-state index in [1.807, 2.05) is 0 Å². The zero-order valence-electron chi connectivity index (χ0n) is 15.4. The number of nitrogens with two attached hydrogens (primary N) is 1. The first kappa shape index (κ1) is 16.8. The summed E-state index contributed by atoms with van der Waals surface area (Å²) in [5, 5.41) is 0. The van der Waals surface area contributed by atoms with Gasteiger partial charge in [0.05, 0.1) is 6.10 Å². The van der Waals surface area contributed by atoms with Crippen molar-refractivity contribution in [1.82, 2.24) is 4.90 Å². The number of nitrogens with zero attached hydrogens (tertiary/aromatic N) is 1. The highest BCUT2D eigenvalue weighted by Crippen LogP contribution is 2.59. The normalized spacial score (nSPS) is 43.0. The number of rotatable bonds is 4. The van der Waals surface area contributed by atoms with Crippen LogP contribution >= 0.6 is 0 Å². The molecule has 4 unspecified atom stereocenters. The van der Waals surface area contributed by atoms with Gasteiger partial charge in [-0.25, -0.2) is 0 Å². The fourth-order valence-electron chi connectivity index (χ4n) is 6.38. The van der Waals surface area contributed by atoms with Crippen LogP contribution in [-0.4, -0.2) is 42.6 Å². The van der Waals surface area contributed by atoms with Gasteiger partial charge >= 0.3 is 0 Å². The minimum absolute atomic E-state index is 0.216. The molecule has 0 aromatic carbocycles. The molecule has 4 atom stereocenters. The van der Waals surface area contributed by atoms with Crippen molar-refractivity contribution >= 4 is 5.91 Å². The third-order valence-corrected chi connectivity index (χ3v) is 7.97. The van der Waals surface area contributed by atoms with Gasteiger partial charge in [-0.05, 0) is 63.7 Å². The molecule has 0 aliphatic heterocycles. The number of carbonyl (C=O) groups is 1. The van der Waals surface area contributed by atoms with Crippen molar-refractivity contribution in [1.29, 1.82) is 0 Å². The Kier molecular flexibility index (Phi) is 4.41. The molecular weight excluding hydrogens is 300 g/mol. The number of amides is 1. The van der Waals surface area contributed by atoms with Crippen molar-refractivity contribution in [3.05, 3.63) is 0 Å². The summed E-state index contributed by atoms with van der Waals surface area (Å²) in [5.74, 6) is 1.77. The molecule has 2 N–H and O–H groups in total. The van der Waals surface area contributed by atoms with E-state index in [1.54, 1.807) is 0 Å². The second-order valence-electron chi connectivity index (χ2n) is 8.93. The summed E-state index contributed by atoms with van der Waals surface area (Å²) in [6.07, 6.45) is 11.0. The first-order chi connectivity index (χ1) is 11.6. The van der Waals surface area contributed by atoms with Crippen LogP contribution in [0, 0.1) is 23.2 Å². The number of ether oxygens (including phenoxy) is 1. The van der Waals surface area contributed by atoms with Crippen LogP contribution in [0.25, 0.3) is 0 Å². The molecule has 4 aliphatic rings. The van der Waals surface area contributed by atoms with Gasteiger partial charge in [0.15, 0.2) is 0 Å². The van der Waals surface area contributed by atoms with E-state index in [0.29, 0.717) is 35.9 Å². The SMILES string of the molecule is CCOC1CC(N(C)C(=O)C2CC3CCCC(C2)C3N)C12CCC2. The van der Waals surface area contributed by atoms with Crippen LogP contribution in [0.3, 0.4) is 0 Å². The van der Waals surface area contributed by atoms with Gasteiger partial charge < -0.3 is 15.4 Å². The maximum atomic E-state index is 13.2. The topological polar surface area (TPSA) is 55.6 Å². The van der Waals surface area contributed by atoms with E-state index in [-0.39, 0.29) is 11.3 Å². The van der Waals surface area contributed by atoms with Crippen molar-refractivity contribution in [3.8, 4) is 0 Å². The van der Waals surface area contributed by atoms with Crippen LogP contribution in [0.15, 0.2) is 0 Å². The monoisotopic (exact) mass is 334 g/mol. The minimum atomic E-state index is 0.216. The van der Waals surface area contributed by atoms with Crippen LogP contribution < -0.4 is 5.73 Å². The van der Waals surface area contributed by atoms with Gasteiger partial charge in [0, 0.05) is 37.1 Å². The largest absolute Gasteiger partial charge is 0.378 e. The van der Waals surface area contributed by atoms with E-state index in [2.05, 4.69) is 18.9 Å². The van der Waals surface area contributed by atoms with Crippen molar-refractivity contribution in [2.45, 2.75) is 82.9 Å². The summed E-state index contributed by atoms with van der Waals surface area (Å²) in [6.45, 7) is 2.87. The molecule has 2 bridgehead atoms. The lowest BCUT2D eigenvalue weighted by Crippen LogP contribution is -2.68. The van der Waals surface area contributed by atoms with E-state index < -0.39 is 0 Å². The van der Waals surface area contributed by atoms with Crippen molar-refractivity contribution < 1.29 is 9.53 Å². The molecule has 1 spiro atoms. The minimum Gasteiger partial charge on any atom is -0.378 e. The van der Waals surface area contributed by atoms with Gasteiger partial charge in [-0.15, -0.1) is 0 Å². The number of hydrogen-bond acceptors (Lipinski definition) is 3. The number of fused-ring (bicyclic) bond motifs is 2. The van der Waals surface area contributed by atoms with Crippen LogP contribution in [-0.2, 0) is 9.53 Å². The molecule has 4 rings (SSSR count). The summed E-state index contributed by atoms with van der Waals surface area (Å²) in [6, 6.07) is 0.753. The maximum Gasteiger partial charge on any atom is 0.225 e. The quantitative estimate of drug-likeness (QED) is 0.860. The Morgan fingerprint density at radius 3 is 2.38 bits per heavy atom. The third-order valence-electron chi connectivity index (χ3n) is 7.97. The molecule has 4 fully saturated rings. The Morgan fingerprint density at radius 2 is 1.83 bits per heavy atom. The lowest BCUT2D eigenvalue weighted by molar-refractivity contribution is -0.204. The fraction of sp³-hybridized carbons (Fsp3) is 0.950. The molecule has 0 saturated heterocycles. The molecule has 4 nitrogen and oxygen atoms in total. The van der Waals surface area contributed by atoms with E-state index in [9.17, 15) is 4.79 Å². The summed E-state index contributed by atoms with van der Waals surface area (Å²) in [5.41, 5.74) is 6.68. The van der Waals surface area contributed by atoms with Crippen molar-refractivity contribution in [3.63, 3.8) is 0 Å². The summed E-state index contributed by atoms with van der Waals surface area (Å²) in [4.78, 5) is 15.3. The molecule has 24 heavy (non-hydrogen) atoms. The molecule has 0 aromatic heterocycles. The molecule has 0 radical (unpaired) electrons. The maximum absolute atomic E-state index is 13.2. The van der Waals surface area contributed by atoms with Crippen LogP contribution in [0.5, 0.6) is 0 Å². The molecule has 0 aromatic rings. The highest BCUT2D eigenvalue weighted by molar-refractivity contribution is 5.79. The van der Waals surface area contributed by atoms with Crippen LogP contribution in [0.1, 0.15) is 64.7 Å². The molecule has 136 valence electrons. The van der Waals surface area contributed by atoms with Gasteiger partial charge in [-0.1, -0.05) is 12.8 Å². The zero-order chi connectivity index (χ0) is 16.9. The van der Waals surface area contributed by atoms with Gasteiger partial charge in [0.2, 0.25) is 5.91 Å². The van der Waals surface area contributed by atoms with Crippen LogP contribution in [0.2, 0.25) is 0 Å². The predicted octanol–water partition coefficient (Wildman–Crippen LogP) is 2.95. The molecule has 4 aliphatic carbocycles. The Balaban J connectivity index is 1.42. The highest BCUT2D eigenvalue weighted by Gasteiger charge is 2.61. The summed E-state index contributed by atoms with van der Waals surface area (Å²) in [7, 11) is 2.06. The first-order valence-corrected chi connectivity index (χ1v) is 10.2. The highest BCUT2D eigenvalue weighted by atomic mass is 16.5. The summed E-state index contributed by atoms with van der Waals surface area (Å²) < 4.78 is 5.96. The van der Waals surface area contributed by atoms with Gasteiger partial charge in [-0.3, -0.25) is 4.79 Å². The van der Waals surface area contributed by atoms with E-state index in [0.717, 1.165) is 25.9 Å². The molecule has 0 heterocycles. The third kappa shape index (κ3) is 2.44. The molecular formula is C20H34N2O2. The van der Waals surface area contributed by atoms with E-state index in [4.69, 9.17) is 10.5 Å². The molecule has 1 amide bonds. The molecule has 4 heteroatoms. The predicted molar refractivity (Wildman–Crippen MR) is 94.4 cm³/mol. The first-order valence-electron chi connectivity index (χ1n) is 10.2. The van der Waals surface area contributed by atoms with E-state index >= 15 is 0 Å². The zero-order valence-corrected chi connectivity index (χ0v) is 15.4. The Hall–Kier alpha value is -0.610. The summed E-state index contributed by atoms with van der Waals surface area (Å²) >= 11 is 0. The average Bonchev–Trinajstić information content (AvgIpc) is 2.48. The smallest absolute Gasteiger partial charge is 0.225 e. The van der Waals surface area contributed by atoms with Crippen molar-refractivity contribution in [2.24, 2.45) is 28.9 Å². The second kappa shape index (κ2) is 6.28. The Bertz CT molecular complexity index is 476. The second-order valence-corrected chi connectivity index (χ2v) is 8.93. The van der Waals surface area contributed by atoms with E-state index in [1.165, 1.54) is 38.5 Å². The molecule has 4 saturated carbocycles. The fourth-order valence-corrected chi connectivity index (χ4v) is 6.38. The van der Waals surface area contributed by atoms with Gasteiger partial charge in [0.1, 0.15) is 0 Å².